The summed E-state index contributed by atoms with van der Waals surface area (Å²) in [4.78, 5) is 16.5. The highest BCUT2D eigenvalue weighted by Gasteiger charge is 2.50. The summed E-state index contributed by atoms with van der Waals surface area (Å²) in [5, 5.41) is 0.850. The fourth-order valence-corrected chi connectivity index (χ4v) is 5.55. The average Bonchev–Trinajstić information content (AvgIpc) is 3.33. The SMILES string of the molecule is CCCCN(CCCC)c1ccc2c3c(oc2c1)C(OCC(C)C)(c1ccccc1)c1ccccc1C3=O. The van der Waals surface area contributed by atoms with Gasteiger partial charge in [0.1, 0.15) is 5.58 Å². The van der Waals surface area contributed by atoms with Crippen LogP contribution in [0, 0.1) is 5.92 Å². The monoisotopic (exact) mass is 509 g/mol. The molecule has 1 heterocycles. The normalized spacial score (nSPS) is 16.6. The lowest BCUT2D eigenvalue weighted by Crippen LogP contribution is -2.39. The first-order valence-corrected chi connectivity index (χ1v) is 14.2. The third-order valence-corrected chi connectivity index (χ3v) is 7.51. The number of carbonyl (C=O) groups is 1. The molecule has 3 aromatic carbocycles. The molecule has 0 spiro atoms. The Kier molecular flexibility index (Phi) is 7.71. The number of hydrogen-bond acceptors (Lipinski definition) is 4. The highest BCUT2D eigenvalue weighted by Crippen LogP contribution is 2.50. The second kappa shape index (κ2) is 11.2. The smallest absolute Gasteiger partial charge is 0.197 e. The Morgan fingerprint density at radius 2 is 1.58 bits per heavy atom. The number of ketones is 1. The highest BCUT2D eigenvalue weighted by molar-refractivity contribution is 6.19. The molecule has 1 atom stereocenters. The number of unbranched alkanes of at least 4 members (excludes halogenated alkanes) is 2. The first-order chi connectivity index (χ1) is 18.5. The summed E-state index contributed by atoms with van der Waals surface area (Å²) in [5.74, 6) is 0.898. The minimum atomic E-state index is -1.01. The lowest BCUT2D eigenvalue weighted by molar-refractivity contribution is -0.0173. The Bertz CT molecular complexity index is 1400. The summed E-state index contributed by atoms with van der Waals surface area (Å²) in [5.41, 5.74) is 3.97. The van der Waals surface area contributed by atoms with Crippen molar-refractivity contribution < 1.29 is 13.9 Å². The molecular formula is C34H39NO3. The van der Waals surface area contributed by atoms with Crippen molar-refractivity contribution in [1.29, 1.82) is 0 Å². The fraction of sp³-hybridized carbons (Fsp3) is 0.382. The van der Waals surface area contributed by atoms with Crippen molar-refractivity contribution in [3.63, 3.8) is 0 Å². The lowest BCUT2D eigenvalue weighted by atomic mass is 9.73. The van der Waals surface area contributed by atoms with E-state index in [-0.39, 0.29) is 5.78 Å². The summed E-state index contributed by atoms with van der Waals surface area (Å²) in [7, 11) is 0. The van der Waals surface area contributed by atoms with Crippen molar-refractivity contribution in [2.45, 2.75) is 59.0 Å². The van der Waals surface area contributed by atoms with Crippen molar-refractivity contribution in [3.05, 3.63) is 101 Å². The minimum absolute atomic E-state index is 0.00405. The molecule has 0 radical (unpaired) electrons. The van der Waals surface area contributed by atoms with Gasteiger partial charge in [0.2, 0.25) is 0 Å². The van der Waals surface area contributed by atoms with Gasteiger partial charge in [0, 0.05) is 41.4 Å². The van der Waals surface area contributed by atoms with E-state index in [0.29, 0.717) is 29.4 Å². The minimum Gasteiger partial charge on any atom is -0.456 e. The Morgan fingerprint density at radius 3 is 2.26 bits per heavy atom. The molecule has 198 valence electrons. The van der Waals surface area contributed by atoms with Crippen LogP contribution in [-0.4, -0.2) is 25.5 Å². The van der Waals surface area contributed by atoms with Gasteiger partial charge in [0.15, 0.2) is 17.1 Å². The third kappa shape index (κ3) is 4.56. The van der Waals surface area contributed by atoms with Crippen LogP contribution in [-0.2, 0) is 10.3 Å². The lowest BCUT2D eigenvalue weighted by Gasteiger charge is -2.38. The van der Waals surface area contributed by atoms with Gasteiger partial charge in [0.05, 0.1) is 12.2 Å². The Hall–Kier alpha value is -3.37. The van der Waals surface area contributed by atoms with Crippen molar-refractivity contribution in [2.75, 3.05) is 24.6 Å². The van der Waals surface area contributed by atoms with Crippen molar-refractivity contribution in [1.82, 2.24) is 0 Å². The first kappa shape index (κ1) is 26.2. The van der Waals surface area contributed by atoms with Crippen LogP contribution < -0.4 is 4.90 Å². The van der Waals surface area contributed by atoms with E-state index in [9.17, 15) is 4.79 Å². The molecule has 1 aliphatic rings. The number of furan rings is 1. The van der Waals surface area contributed by atoms with Crippen LogP contribution in [0.2, 0.25) is 0 Å². The largest absolute Gasteiger partial charge is 0.456 e. The second-order valence-corrected chi connectivity index (χ2v) is 10.8. The molecule has 0 amide bonds. The van der Waals surface area contributed by atoms with Crippen molar-refractivity contribution >= 4 is 22.4 Å². The van der Waals surface area contributed by atoms with Crippen LogP contribution in [0.1, 0.15) is 86.2 Å². The number of rotatable bonds is 11. The standard InChI is InChI=1S/C34H39NO3/c1-5-7-20-35(21-8-6-2)26-18-19-28-30(22-26)38-33-31(28)32(36)27-16-12-13-17-29(27)34(33,37-23-24(3)4)25-14-10-9-11-15-25/h9-19,22,24H,5-8,20-21,23H2,1-4H3. The topological polar surface area (TPSA) is 42.7 Å². The van der Waals surface area contributed by atoms with E-state index in [1.54, 1.807) is 0 Å². The quantitative estimate of drug-likeness (QED) is 0.204. The van der Waals surface area contributed by atoms with Gasteiger partial charge >= 0.3 is 0 Å². The van der Waals surface area contributed by atoms with Crippen molar-refractivity contribution in [2.24, 2.45) is 5.92 Å². The molecule has 0 fully saturated rings. The van der Waals surface area contributed by atoms with Crippen LogP contribution in [0.3, 0.4) is 0 Å². The summed E-state index contributed by atoms with van der Waals surface area (Å²) in [6.45, 7) is 11.3. The Labute approximate surface area is 226 Å². The summed E-state index contributed by atoms with van der Waals surface area (Å²) in [6.07, 6.45) is 4.59. The Morgan fingerprint density at radius 1 is 0.895 bits per heavy atom. The summed E-state index contributed by atoms with van der Waals surface area (Å²) in [6, 6.07) is 24.4. The fourth-order valence-electron chi connectivity index (χ4n) is 5.55. The van der Waals surface area contributed by atoms with E-state index < -0.39 is 5.60 Å². The molecule has 0 bridgehead atoms. The number of benzene rings is 3. The number of nitrogens with zero attached hydrogens (tertiary/aromatic N) is 1. The molecule has 38 heavy (non-hydrogen) atoms. The highest BCUT2D eigenvalue weighted by atomic mass is 16.5. The van der Waals surface area contributed by atoms with Gasteiger partial charge in [-0.05, 0) is 36.5 Å². The number of hydrogen-bond donors (Lipinski definition) is 0. The number of ether oxygens (including phenoxy) is 1. The van der Waals surface area contributed by atoms with Crippen LogP contribution in [0.25, 0.3) is 11.0 Å². The molecular weight excluding hydrogens is 470 g/mol. The molecule has 0 N–H and O–H groups in total. The zero-order chi connectivity index (χ0) is 26.7. The number of fused-ring (bicyclic) bond motifs is 4. The molecule has 4 heteroatoms. The molecule has 4 aromatic rings. The van der Waals surface area contributed by atoms with Gasteiger partial charge < -0.3 is 14.1 Å². The van der Waals surface area contributed by atoms with Gasteiger partial charge in [-0.3, -0.25) is 4.79 Å². The third-order valence-electron chi connectivity index (χ3n) is 7.51. The molecule has 0 saturated heterocycles. The average molecular weight is 510 g/mol. The number of carbonyl (C=O) groups excluding carboxylic acids is 1. The van der Waals surface area contributed by atoms with Crippen LogP contribution >= 0.6 is 0 Å². The van der Waals surface area contributed by atoms with Gasteiger partial charge in [0.25, 0.3) is 0 Å². The van der Waals surface area contributed by atoms with E-state index in [4.69, 9.17) is 9.15 Å². The van der Waals surface area contributed by atoms with E-state index in [0.717, 1.165) is 66.6 Å². The predicted molar refractivity (Wildman–Crippen MR) is 155 cm³/mol. The van der Waals surface area contributed by atoms with Crippen LogP contribution in [0.5, 0.6) is 0 Å². The number of anilines is 1. The van der Waals surface area contributed by atoms with E-state index in [1.807, 2.05) is 42.5 Å². The van der Waals surface area contributed by atoms with E-state index in [2.05, 4.69) is 62.9 Å². The zero-order valence-electron chi connectivity index (χ0n) is 23.1. The zero-order valence-corrected chi connectivity index (χ0v) is 23.1. The van der Waals surface area contributed by atoms with Crippen LogP contribution in [0.4, 0.5) is 5.69 Å². The molecule has 1 aromatic heterocycles. The van der Waals surface area contributed by atoms with Crippen LogP contribution in [0.15, 0.2) is 77.2 Å². The van der Waals surface area contributed by atoms with Gasteiger partial charge in [-0.25, -0.2) is 0 Å². The molecule has 5 rings (SSSR count). The first-order valence-electron chi connectivity index (χ1n) is 14.2. The van der Waals surface area contributed by atoms with Gasteiger partial charge in [-0.1, -0.05) is 95.1 Å². The Balaban J connectivity index is 1.74. The summed E-state index contributed by atoms with van der Waals surface area (Å²) >= 11 is 0. The maximum absolute atomic E-state index is 14.0. The van der Waals surface area contributed by atoms with Crippen molar-refractivity contribution in [3.8, 4) is 0 Å². The molecule has 1 aliphatic carbocycles. The van der Waals surface area contributed by atoms with Gasteiger partial charge in [-0.2, -0.15) is 0 Å². The molecule has 1 unspecified atom stereocenters. The predicted octanol–water partition coefficient (Wildman–Crippen LogP) is 8.35. The maximum Gasteiger partial charge on any atom is 0.197 e. The summed E-state index contributed by atoms with van der Waals surface area (Å²) < 4.78 is 13.6. The second-order valence-electron chi connectivity index (χ2n) is 10.8. The molecule has 0 aliphatic heterocycles. The molecule has 0 saturated carbocycles. The van der Waals surface area contributed by atoms with E-state index >= 15 is 0 Å². The van der Waals surface area contributed by atoms with Gasteiger partial charge in [-0.15, -0.1) is 0 Å². The molecule has 4 nitrogen and oxygen atoms in total. The maximum atomic E-state index is 14.0. The van der Waals surface area contributed by atoms with E-state index in [1.165, 1.54) is 0 Å².